The number of halogens is 2. The predicted octanol–water partition coefficient (Wildman–Crippen LogP) is 5.13. The van der Waals surface area contributed by atoms with Gasteiger partial charge in [0, 0.05) is 10.3 Å². The maximum absolute atomic E-state index is 6.27. The van der Waals surface area contributed by atoms with Crippen LogP contribution in [0.1, 0.15) is 16.0 Å². The zero-order valence-corrected chi connectivity index (χ0v) is 10.6. The van der Waals surface area contributed by atoms with Crippen molar-refractivity contribution in [3.05, 3.63) is 32.1 Å². The molecule has 0 radical (unpaired) electrons. The molecule has 74 valence electrons. The predicted molar refractivity (Wildman–Crippen MR) is 66.1 cm³/mol. The SMILES string of the molecule is Cc1cc2c(Cl)c(C)c(C)c(Cl)c2s1. The molecule has 0 unspecified atom stereocenters. The Morgan fingerprint density at radius 3 is 2.21 bits per heavy atom. The highest BCUT2D eigenvalue weighted by Gasteiger charge is 2.13. The van der Waals surface area contributed by atoms with Crippen LogP contribution in [0.5, 0.6) is 0 Å². The molecule has 0 aliphatic rings. The largest absolute Gasteiger partial charge is 0.139 e. The summed E-state index contributed by atoms with van der Waals surface area (Å²) in [6.45, 7) is 6.09. The first-order valence-corrected chi connectivity index (χ1v) is 5.94. The first-order valence-electron chi connectivity index (χ1n) is 4.36. The van der Waals surface area contributed by atoms with Gasteiger partial charge >= 0.3 is 0 Å². The van der Waals surface area contributed by atoms with Gasteiger partial charge in [0.2, 0.25) is 0 Å². The summed E-state index contributed by atoms with van der Waals surface area (Å²) in [4.78, 5) is 1.24. The van der Waals surface area contributed by atoms with Crippen molar-refractivity contribution in [2.75, 3.05) is 0 Å². The fourth-order valence-electron chi connectivity index (χ4n) is 1.54. The highest BCUT2D eigenvalue weighted by molar-refractivity contribution is 7.19. The highest BCUT2D eigenvalue weighted by Crippen LogP contribution is 2.40. The Morgan fingerprint density at radius 1 is 1.00 bits per heavy atom. The molecular formula is C11H10Cl2S. The molecule has 0 atom stereocenters. The lowest BCUT2D eigenvalue weighted by Crippen LogP contribution is -1.84. The molecule has 0 fully saturated rings. The lowest BCUT2D eigenvalue weighted by atomic mass is 10.1. The van der Waals surface area contributed by atoms with Gasteiger partial charge in [-0.3, -0.25) is 0 Å². The van der Waals surface area contributed by atoms with Gasteiger partial charge in [0.1, 0.15) is 0 Å². The average Bonchev–Trinajstić information content (AvgIpc) is 2.54. The second kappa shape index (κ2) is 3.41. The van der Waals surface area contributed by atoms with Gasteiger partial charge in [-0.25, -0.2) is 0 Å². The number of benzene rings is 1. The molecule has 3 heteroatoms. The molecule has 0 nitrogen and oxygen atoms in total. The van der Waals surface area contributed by atoms with E-state index in [9.17, 15) is 0 Å². The highest BCUT2D eigenvalue weighted by atomic mass is 35.5. The topological polar surface area (TPSA) is 0 Å². The van der Waals surface area contributed by atoms with E-state index >= 15 is 0 Å². The van der Waals surface area contributed by atoms with Crippen LogP contribution in [-0.2, 0) is 0 Å². The fraction of sp³-hybridized carbons (Fsp3) is 0.273. The second-order valence-corrected chi connectivity index (χ2v) is 5.49. The van der Waals surface area contributed by atoms with Crippen LogP contribution >= 0.6 is 34.5 Å². The molecule has 0 amide bonds. The van der Waals surface area contributed by atoms with E-state index in [0.29, 0.717) is 0 Å². The van der Waals surface area contributed by atoms with E-state index in [-0.39, 0.29) is 0 Å². The Balaban J connectivity index is 3.01. The number of rotatable bonds is 0. The van der Waals surface area contributed by atoms with Crippen molar-refractivity contribution < 1.29 is 0 Å². The maximum Gasteiger partial charge on any atom is 0.0617 e. The number of aryl methyl sites for hydroxylation is 1. The first-order chi connectivity index (χ1) is 6.52. The summed E-state index contributed by atoms with van der Waals surface area (Å²) in [6, 6.07) is 2.10. The normalized spacial score (nSPS) is 11.2. The summed E-state index contributed by atoms with van der Waals surface area (Å²) in [5, 5.41) is 2.77. The molecule has 0 saturated carbocycles. The molecule has 0 bridgehead atoms. The van der Waals surface area contributed by atoms with Crippen LogP contribution in [0.15, 0.2) is 6.07 Å². The van der Waals surface area contributed by atoms with E-state index < -0.39 is 0 Å². The zero-order valence-electron chi connectivity index (χ0n) is 8.24. The van der Waals surface area contributed by atoms with Crippen molar-refractivity contribution in [2.45, 2.75) is 20.8 Å². The smallest absolute Gasteiger partial charge is 0.0617 e. The third-order valence-corrected chi connectivity index (χ3v) is 4.65. The van der Waals surface area contributed by atoms with Gasteiger partial charge in [-0.05, 0) is 38.0 Å². The molecule has 0 N–H and O–H groups in total. The third-order valence-electron chi connectivity index (χ3n) is 2.51. The molecule has 0 saturated heterocycles. The minimum Gasteiger partial charge on any atom is -0.139 e. The van der Waals surface area contributed by atoms with Crippen LogP contribution in [0, 0.1) is 20.8 Å². The van der Waals surface area contributed by atoms with Crippen LogP contribution in [0.25, 0.3) is 10.1 Å². The molecule has 2 aromatic rings. The first kappa shape index (κ1) is 10.3. The molecule has 1 aromatic carbocycles. The quantitative estimate of drug-likeness (QED) is 0.603. The van der Waals surface area contributed by atoms with E-state index in [1.54, 1.807) is 11.3 Å². The summed E-state index contributed by atoms with van der Waals surface area (Å²) in [6.07, 6.45) is 0. The van der Waals surface area contributed by atoms with E-state index in [1.165, 1.54) is 4.88 Å². The van der Waals surface area contributed by atoms with Crippen LogP contribution < -0.4 is 0 Å². The Bertz CT molecular complexity index is 467. The molecule has 1 heterocycles. The Kier molecular flexibility index (Phi) is 2.50. The van der Waals surface area contributed by atoms with Gasteiger partial charge in [0.25, 0.3) is 0 Å². The van der Waals surface area contributed by atoms with Gasteiger partial charge in [-0.15, -0.1) is 11.3 Å². The second-order valence-electron chi connectivity index (χ2n) is 3.48. The van der Waals surface area contributed by atoms with E-state index in [0.717, 1.165) is 31.3 Å². The fourth-order valence-corrected chi connectivity index (χ4v) is 3.26. The molecule has 0 aliphatic carbocycles. The van der Waals surface area contributed by atoms with Crippen LogP contribution in [0.4, 0.5) is 0 Å². The lowest BCUT2D eigenvalue weighted by molar-refractivity contribution is 1.37. The van der Waals surface area contributed by atoms with Crippen molar-refractivity contribution in [2.24, 2.45) is 0 Å². The van der Waals surface area contributed by atoms with E-state index in [1.807, 2.05) is 13.8 Å². The summed E-state index contributed by atoms with van der Waals surface area (Å²) in [5.74, 6) is 0. The van der Waals surface area contributed by atoms with Crippen molar-refractivity contribution in [3.63, 3.8) is 0 Å². The standard InChI is InChI=1S/C11H10Cl2S/c1-5-4-8-9(12)6(2)7(3)10(13)11(8)14-5/h4H,1-3H3. The molecule has 0 aliphatic heterocycles. The number of hydrogen-bond donors (Lipinski definition) is 0. The van der Waals surface area contributed by atoms with Crippen molar-refractivity contribution in [3.8, 4) is 0 Å². The Morgan fingerprint density at radius 2 is 1.57 bits per heavy atom. The van der Waals surface area contributed by atoms with Gasteiger partial charge in [-0.1, -0.05) is 23.2 Å². The van der Waals surface area contributed by atoms with E-state index in [2.05, 4.69) is 13.0 Å². The molecular weight excluding hydrogens is 235 g/mol. The van der Waals surface area contributed by atoms with Gasteiger partial charge in [0.15, 0.2) is 0 Å². The maximum atomic E-state index is 6.27. The van der Waals surface area contributed by atoms with Crippen LogP contribution in [0.2, 0.25) is 10.0 Å². The Labute approximate surface area is 97.5 Å². The summed E-state index contributed by atoms with van der Waals surface area (Å²) in [7, 11) is 0. The monoisotopic (exact) mass is 244 g/mol. The van der Waals surface area contributed by atoms with Gasteiger partial charge in [0.05, 0.1) is 14.7 Å². The van der Waals surface area contributed by atoms with Crippen LogP contribution in [0.3, 0.4) is 0 Å². The Hall–Kier alpha value is -0.240. The van der Waals surface area contributed by atoms with Crippen molar-refractivity contribution in [1.29, 1.82) is 0 Å². The molecule has 2 rings (SSSR count). The van der Waals surface area contributed by atoms with Crippen molar-refractivity contribution in [1.82, 2.24) is 0 Å². The summed E-state index contributed by atoms with van der Waals surface area (Å²) >= 11 is 14.2. The number of hydrogen-bond acceptors (Lipinski definition) is 1. The van der Waals surface area contributed by atoms with Crippen molar-refractivity contribution >= 4 is 44.6 Å². The minimum atomic E-state index is 0.839. The molecule has 14 heavy (non-hydrogen) atoms. The van der Waals surface area contributed by atoms with E-state index in [4.69, 9.17) is 23.2 Å². The molecule has 1 aromatic heterocycles. The number of thiophene rings is 1. The van der Waals surface area contributed by atoms with Gasteiger partial charge in [-0.2, -0.15) is 0 Å². The third kappa shape index (κ3) is 1.35. The lowest BCUT2D eigenvalue weighted by Gasteiger charge is -2.06. The van der Waals surface area contributed by atoms with Crippen LogP contribution in [-0.4, -0.2) is 0 Å². The summed E-state index contributed by atoms with van der Waals surface area (Å²) in [5.41, 5.74) is 2.17. The number of fused-ring (bicyclic) bond motifs is 1. The average molecular weight is 245 g/mol. The summed E-state index contributed by atoms with van der Waals surface area (Å²) < 4.78 is 1.11. The zero-order chi connectivity index (χ0) is 10.5. The minimum absolute atomic E-state index is 0.839. The van der Waals surface area contributed by atoms with Gasteiger partial charge < -0.3 is 0 Å². The molecule has 0 spiro atoms.